The fourth-order valence-electron chi connectivity index (χ4n) is 4.27. The van der Waals surface area contributed by atoms with Crippen molar-refractivity contribution >= 4 is 15.9 Å². The van der Waals surface area contributed by atoms with E-state index in [4.69, 9.17) is 0 Å². The molecule has 1 fully saturated rings. The van der Waals surface area contributed by atoms with E-state index < -0.39 is 10.0 Å². The molecule has 0 saturated carbocycles. The van der Waals surface area contributed by atoms with Crippen LogP contribution in [0.5, 0.6) is 0 Å². The van der Waals surface area contributed by atoms with Crippen LogP contribution in [0.2, 0.25) is 0 Å². The van der Waals surface area contributed by atoms with Crippen LogP contribution in [0.3, 0.4) is 0 Å². The van der Waals surface area contributed by atoms with Gasteiger partial charge in [0, 0.05) is 25.2 Å². The molecule has 29 heavy (non-hydrogen) atoms. The lowest BCUT2D eigenvalue weighted by atomic mass is 9.93. The van der Waals surface area contributed by atoms with Crippen LogP contribution in [0.4, 0.5) is 4.39 Å². The molecule has 0 radical (unpaired) electrons. The first-order chi connectivity index (χ1) is 13.9. The maximum atomic E-state index is 13.7. The fourth-order valence-corrected chi connectivity index (χ4v) is 5.84. The monoisotopic (exact) mass is 416 g/mol. The molecule has 154 valence electrons. The highest BCUT2D eigenvalue weighted by Crippen LogP contribution is 2.31. The number of rotatable bonds is 3. The van der Waals surface area contributed by atoms with Crippen molar-refractivity contribution in [2.24, 2.45) is 0 Å². The van der Waals surface area contributed by atoms with Crippen molar-refractivity contribution in [1.29, 1.82) is 0 Å². The summed E-state index contributed by atoms with van der Waals surface area (Å²) in [6.45, 7) is 3.43. The van der Waals surface area contributed by atoms with Gasteiger partial charge in [-0.25, -0.2) is 12.8 Å². The Morgan fingerprint density at radius 3 is 2.55 bits per heavy atom. The van der Waals surface area contributed by atoms with E-state index in [1.165, 1.54) is 22.5 Å². The van der Waals surface area contributed by atoms with E-state index in [1.807, 2.05) is 6.92 Å². The van der Waals surface area contributed by atoms with Crippen LogP contribution in [-0.2, 0) is 16.4 Å². The second-order valence-corrected chi connectivity index (χ2v) is 9.70. The summed E-state index contributed by atoms with van der Waals surface area (Å²) in [6, 6.07) is 10.7. The summed E-state index contributed by atoms with van der Waals surface area (Å²) in [5.74, 6) is -0.553. The van der Waals surface area contributed by atoms with Crippen LogP contribution in [0.15, 0.2) is 47.4 Å². The molecule has 1 saturated heterocycles. The predicted octanol–water partition coefficient (Wildman–Crippen LogP) is 3.76. The van der Waals surface area contributed by atoms with Crippen molar-refractivity contribution in [3.05, 3.63) is 65.0 Å². The normalized spacial score (nSPS) is 20.3. The van der Waals surface area contributed by atoms with Gasteiger partial charge in [0.2, 0.25) is 10.0 Å². The third-order valence-electron chi connectivity index (χ3n) is 5.94. The zero-order valence-electron chi connectivity index (χ0n) is 16.5. The SMILES string of the molecule is CC1c2cc(F)ccc2CCN1C(=O)c1cccc(S(=O)(=O)N2CCCCC2)c1. The summed E-state index contributed by atoms with van der Waals surface area (Å²) in [4.78, 5) is 15.0. The number of carbonyl (C=O) groups is 1. The highest BCUT2D eigenvalue weighted by Gasteiger charge is 2.30. The molecule has 2 aliphatic rings. The summed E-state index contributed by atoms with van der Waals surface area (Å²) < 4.78 is 41.1. The molecule has 2 aromatic carbocycles. The molecular formula is C22H25FN2O3S. The topological polar surface area (TPSA) is 57.7 Å². The number of amides is 1. The third kappa shape index (κ3) is 3.81. The second kappa shape index (κ2) is 7.88. The van der Waals surface area contributed by atoms with Gasteiger partial charge in [0.1, 0.15) is 5.82 Å². The molecule has 0 aliphatic carbocycles. The van der Waals surface area contributed by atoms with Crippen molar-refractivity contribution < 1.29 is 17.6 Å². The van der Waals surface area contributed by atoms with E-state index in [0.717, 1.165) is 30.4 Å². The Hall–Kier alpha value is -2.25. The zero-order chi connectivity index (χ0) is 20.6. The van der Waals surface area contributed by atoms with Crippen LogP contribution in [0, 0.1) is 5.82 Å². The molecular weight excluding hydrogens is 391 g/mol. The molecule has 0 N–H and O–H groups in total. The van der Waals surface area contributed by atoms with Gasteiger partial charge < -0.3 is 4.90 Å². The predicted molar refractivity (Wildman–Crippen MR) is 109 cm³/mol. The standard InChI is InChI=1S/C22H25FN2O3S/c1-16-21-15-19(23)9-8-17(21)10-13-25(16)22(26)18-6-5-7-20(14-18)29(27,28)24-11-3-2-4-12-24/h5-9,14-16H,2-4,10-13H2,1H3. The minimum Gasteiger partial charge on any atom is -0.332 e. The van der Waals surface area contributed by atoms with E-state index in [0.29, 0.717) is 31.6 Å². The Bertz CT molecular complexity index is 1030. The third-order valence-corrected chi connectivity index (χ3v) is 7.84. The maximum absolute atomic E-state index is 13.7. The number of hydrogen-bond acceptors (Lipinski definition) is 3. The average Bonchev–Trinajstić information content (AvgIpc) is 2.75. The first-order valence-corrected chi connectivity index (χ1v) is 11.5. The van der Waals surface area contributed by atoms with E-state index in [-0.39, 0.29) is 22.7 Å². The summed E-state index contributed by atoms with van der Waals surface area (Å²) in [5.41, 5.74) is 2.20. The lowest BCUT2D eigenvalue weighted by molar-refractivity contribution is 0.0677. The van der Waals surface area contributed by atoms with Crippen molar-refractivity contribution in [1.82, 2.24) is 9.21 Å². The second-order valence-electron chi connectivity index (χ2n) is 7.76. The van der Waals surface area contributed by atoms with Gasteiger partial charge in [-0.2, -0.15) is 4.31 Å². The molecule has 2 heterocycles. The summed E-state index contributed by atoms with van der Waals surface area (Å²) in [7, 11) is -3.60. The minimum atomic E-state index is -3.60. The smallest absolute Gasteiger partial charge is 0.254 e. The molecule has 0 aromatic heterocycles. The van der Waals surface area contributed by atoms with Gasteiger partial charge in [0.05, 0.1) is 10.9 Å². The van der Waals surface area contributed by atoms with E-state index >= 15 is 0 Å². The summed E-state index contributed by atoms with van der Waals surface area (Å²) in [6.07, 6.45) is 3.41. The van der Waals surface area contributed by atoms with Crippen LogP contribution >= 0.6 is 0 Å². The number of nitrogens with zero attached hydrogens (tertiary/aromatic N) is 2. The highest BCUT2D eigenvalue weighted by molar-refractivity contribution is 7.89. The van der Waals surface area contributed by atoms with Gasteiger partial charge in [-0.15, -0.1) is 0 Å². The van der Waals surface area contributed by atoms with Crippen LogP contribution in [-0.4, -0.2) is 43.2 Å². The Balaban J connectivity index is 1.61. The van der Waals surface area contributed by atoms with Crippen molar-refractivity contribution in [3.8, 4) is 0 Å². The van der Waals surface area contributed by atoms with Crippen molar-refractivity contribution in [2.45, 2.75) is 43.5 Å². The lowest BCUT2D eigenvalue weighted by Crippen LogP contribution is -2.39. The number of benzene rings is 2. The quantitative estimate of drug-likeness (QED) is 0.766. The first kappa shape index (κ1) is 20.0. The van der Waals surface area contributed by atoms with Crippen LogP contribution in [0.1, 0.15) is 53.7 Å². The minimum absolute atomic E-state index is 0.154. The Kier molecular flexibility index (Phi) is 5.44. The number of halogens is 1. The summed E-state index contributed by atoms with van der Waals surface area (Å²) in [5, 5.41) is 0. The number of piperidine rings is 1. The Morgan fingerprint density at radius 2 is 1.79 bits per heavy atom. The molecule has 1 unspecified atom stereocenters. The maximum Gasteiger partial charge on any atom is 0.254 e. The molecule has 7 heteroatoms. The largest absolute Gasteiger partial charge is 0.332 e. The molecule has 2 aromatic rings. The molecule has 4 rings (SSSR count). The number of hydrogen-bond donors (Lipinski definition) is 0. The van der Waals surface area contributed by atoms with E-state index in [2.05, 4.69) is 0 Å². The number of sulfonamides is 1. The van der Waals surface area contributed by atoms with Gasteiger partial charge in [0.25, 0.3) is 5.91 Å². The average molecular weight is 417 g/mol. The molecule has 5 nitrogen and oxygen atoms in total. The van der Waals surface area contributed by atoms with E-state index in [1.54, 1.807) is 29.2 Å². The Morgan fingerprint density at radius 1 is 1.03 bits per heavy atom. The molecule has 0 bridgehead atoms. The van der Waals surface area contributed by atoms with Crippen molar-refractivity contribution in [3.63, 3.8) is 0 Å². The van der Waals surface area contributed by atoms with Gasteiger partial charge in [0.15, 0.2) is 0 Å². The van der Waals surface area contributed by atoms with Gasteiger partial charge in [-0.1, -0.05) is 18.6 Å². The Labute approximate surface area is 171 Å². The molecule has 0 spiro atoms. The first-order valence-electron chi connectivity index (χ1n) is 10.1. The molecule has 1 amide bonds. The van der Waals surface area contributed by atoms with E-state index in [9.17, 15) is 17.6 Å². The lowest BCUT2D eigenvalue weighted by Gasteiger charge is -2.35. The van der Waals surface area contributed by atoms with Crippen LogP contribution < -0.4 is 0 Å². The molecule has 1 atom stereocenters. The number of carbonyl (C=O) groups excluding carboxylic acids is 1. The van der Waals surface area contributed by atoms with Gasteiger partial charge in [-0.3, -0.25) is 4.79 Å². The highest BCUT2D eigenvalue weighted by atomic mass is 32.2. The fraction of sp³-hybridized carbons (Fsp3) is 0.409. The van der Waals surface area contributed by atoms with Crippen LogP contribution in [0.25, 0.3) is 0 Å². The van der Waals surface area contributed by atoms with Gasteiger partial charge in [-0.05, 0) is 67.6 Å². The van der Waals surface area contributed by atoms with Crippen molar-refractivity contribution in [2.75, 3.05) is 19.6 Å². The zero-order valence-corrected chi connectivity index (χ0v) is 17.3. The number of fused-ring (bicyclic) bond motifs is 1. The summed E-state index contributed by atoms with van der Waals surface area (Å²) >= 11 is 0. The van der Waals surface area contributed by atoms with Gasteiger partial charge >= 0.3 is 0 Å². The molecule has 2 aliphatic heterocycles.